The molecular weight excluding hydrogens is 362 g/mol. The summed E-state index contributed by atoms with van der Waals surface area (Å²) in [5.74, 6) is 0.539. The summed E-state index contributed by atoms with van der Waals surface area (Å²) in [4.78, 5) is 40.7. The number of urea groups is 1. The van der Waals surface area contributed by atoms with Gasteiger partial charge in [-0.25, -0.2) is 4.79 Å². The van der Waals surface area contributed by atoms with Crippen molar-refractivity contribution < 1.29 is 23.9 Å². The van der Waals surface area contributed by atoms with E-state index in [-0.39, 0.29) is 12.5 Å². The minimum absolute atomic E-state index is 0.256. The molecule has 1 aromatic rings. The van der Waals surface area contributed by atoms with E-state index in [1.54, 1.807) is 25.2 Å². The lowest BCUT2D eigenvalue weighted by atomic mass is 9.81. The van der Waals surface area contributed by atoms with E-state index in [0.717, 1.165) is 30.6 Å². The predicted molar refractivity (Wildman–Crippen MR) is 101 cm³/mol. The summed E-state index contributed by atoms with van der Waals surface area (Å²) in [5, 5.41) is 2.75. The van der Waals surface area contributed by atoms with E-state index in [1.165, 1.54) is 4.90 Å². The number of nitrogens with one attached hydrogen (secondary N) is 1. The number of anilines is 1. The van der Waals surface area contributed by atoms with Crippen molar-refractivity contribution in [2.45, 2.75) is 44.1 Å². The number of fused-ring (bicyclic) bond motifs is 1. The normalized spacial score (nSPS) is 21.0. The molecule has 0 aromatic heterocycles. The quantitative estimate of drug-likeness (QED) is 0.805. The highest BCUT2D eigenvalue weighted by atomic mass is 16.5. The van der Waals surface area contributed by atoms with Gasteiger partial charge in [-0.2, -0.15) is 0 Å². The van der Waals surface area contributed by atoms with Crippen molar-refractivity contribution in [1.82, 2.24) is 9.80 Å². The average molecular weight is 387 g/mol. The van der Waals surface area contributed by atoms with Gasteiger partial charge in [0, 0.05) is 25.2 Å². The van der Waals surface area contributed by atoms with Gasteiger partial charge in [-0.15, -0.1) is 0 Å². The molecule has 150 valence electrons. The van der Waals surface area contributed by atoms with Crippen LogP contribution in [0.3, 0.4) is 0 Å². The molecule has 2 aliphatic heterocycles. The number of amides is 4. The van der Waals surface area contributed by atoms with E-state index in [1.807, 2.05) is 0 Å². The van der Waals surface area contributed by atoms with E-state index < -0.39 is 17.5 Å². The van der Waals surface area contributed by atoms with Crippen LogP contribution in [0.25, 0.3) is 0 Å². The van der Waals surface area contributed by atoms with Crippen LogP contribution in [0.1, 0.15) is 38.5 Å². The van der Waals surface area contributed by atoms with Crippen LogP contribution in [-0.4, -0.2) is 60.0 Å². The summed E-state index contributed by atoms with van der Waals surface area (Å²) in [5.41, 5.74) is -0.237. The Bertz CT molecular complexity index is 803. The highest BCUT2D eigenvalue weighted by molar-refractivity contribution is 6.10. The zero-order valence-corrected chi connectivity index (χ0v) is 16.0. The summed E-state index contributed by atoms with van der Waals surface area (Å²) >= 11 is 0. The number of carbonyl (C=O) groups excluding carboxylic acids is 3. The highest BCUT2D eigenvalue weighted by Gasteiger charge is 2.55. The minimum Gasteiger partial charge on any atom is -0.490 e. The van der Waals surface area contributed by atoms with Gasteiger partial charge in [-0.05, 0) is 25.0 Å². The summed E-state index contributed by atoms with van der Waals surface area (Å²) in [6.07, 6.45) is 5.02. The first-order chi connectivity index (χ1) is 13.5. The molecule has 0 unspecified atom stereocenters. The van der Waals surface area contributed by atoms with Crippen molar-refractivity contribution in [3.05, 3.63) is 18.2 Å². The van der Waals surface area contributed by atoms with Crippen LogP contribution in [-0.2, 0) is 9.59 Å². The topological polar surface area (TPSA) is 88.2 Å². The number of ether oxygens (including phenoxy) is 2. The smallest absolute Gasteiger partial charge is 0.327 e. The van der Waals surface area contributed by atoms with E-state index in [4.69, 9.17) is 9.47 Å². The number of carbonyl (C=O) groups is 3. The number of hydrogen-bond donors (Lipinski definition) is 1. The SMILES string of the molecule is CN1C(=O)N(CC(=O)Nc2ccc3c(c2)OCCCO3)C(=O)C12CCCCC2. The number of imide groups is 1. The maximum Gasteiger partial charge on any atom is 0.327 e. The Morgan fingerprint density at radius 1 is 1.07 bits per heavy atom. The van der Waals surface area contributed by atoms with Gasteiger partial charge in [0.2, 0.25) is 5.91 Å². The molecular formula is C20H25N3O5. The minimum atomic E-state index is -0.773. The van der Waals surface area contributed by atoms with Gasteiger partial charge in [-0.3, -0.25) is 14.5 Å². The first-order valence-corrected chi connectivity index (χ1v) is 9.80. The maximum atomic E-state index is 13.0. The number of benzene rings is 1. The molecule has 4 rings (SSSR count). The number of hydrogen-bond acceptors (Lipinski definition) is 5. The van der Waals surface area contributed by atoms with Crippen molar-refractivity contribution in [2.75, 3.05) is 32.1 Å². The Hall–Kier alpha value is -2.77. The van der Waals surface area contributed by atoms with Gasteiger partial charge >= 0.3 is 6.03 Å². The first kappa shape index (κ1) is 18.6. The van der Waals surface area contributed by atoms with Crippen molar-refractivity contribution in [3.63, 3.8) is 0 Å². The second-order valence-electron chi connectivity index (χ2n) is 7.59. The average Bonchev–Trinajstić information content (AvgIpc) is 2.89. The molecule has 1 N–H and O–H groups in total. The van der Waals surface area contributed by atoms with E-state index >= 15 is 0 Å². The number of nitrogens with zero attached hydrogens (tertiary/aromatic N) is 2. The third kappa shape index (κ3) is 3.16. The van der Waals surface area contributed by atoms with Gasteiger partial charge in [0.15, 0.2) is 11.5 Å². The molecule has 8 nitrogen and oxygen atoms in total. The van der Waals surface area contributed by atoms with Gasteiger partial charge < -0.3 is 19.7 Å². The molecule has 2 heterocycles. The number of likely N-dealkylation sites (N-methyl/N-ethyl adjacent to an activating group) is 1. The third-order valence-corrected chi connectivity index (χ3v) is 5.82. The van der Waals surface area contributed by atoms with Gasteiger partial charge in [0.05, 0.1) is 13.2 Å². The van der Waals surface area contributed by atoms with Crippen molar-refractivity contribution >= 4 is 23.5 Å². The van der Waals surface area contributed by atoms with Crippen molar-refractivity contribution in [3.8, 4) is 11.5 Å². The third-order valence-electron chi connectivity index (χ3n) is 5.82. The summed E-state index contributed by atoms with van der Waals surface area (Å²) < 4.78 is 11.2. The van der Waals surface area contributed by atoms with Crippen LogP contribution in [0, 0.1) is 0 Å². The van der Waals surface area contributed by atoms with E-state index in [0.29, 0.717) is 43.2 Å². The molecule has 28 heavy (non-hydrogen) atoms. The molecule has 3 aliphatic rings. The highest BCUT2D eigenvalue weighted by Crippen LogP contribution is 2.39. The molecule has 1 saturated heterocycles. The van der Waals surface area contributed by atoms with E-state index in [2.05, 4.69) is 5.32 Å². The van der Waals surface area contributed by atoms with Crippen LogP contribution < -0.4 is 14.8 Å². The van der Waals surface area contributed by atoms with Crippen LogP contribution >= 0.6 is 0 Å². The fourth-order valence-corrected chi connectivity index (χ4v) is 4.26. The summed E-state index contributed by atoms with van der Waals surface area (Å²) in [7, 11) is 1.66. The Labute approximate surface area is 163 Å². The molecule has 8 heteroatoms. The molecule has 1 spiro atoms. The number of rotatable bonds is 3. The fourth-order valence-electron chi connectivity index (χ4n) is 4.26. The summed E-state index contributed by atoms with van der Waals surface area (Å²) in [6.45, 7) is 0.848. The molecule has 1 aliphatic carbocycles. The zero-order chi connectivity index (χ0) is 19.7. The monoisotopic (exact) mass is 387 g/mol. The van der Waals surface area contributed by atoms with Gasteiger partial charge in [-0.1, -0.05) is 19.3 Å². The van der Waals surface area contributed by atoms with Crippen LogP contribution in [0.2, 0.25) is 0 Å². The Morgan fingerprint density at radius 2 is 1.79 bits per heavy atom. The van der Waals surface area contributed by atoms with Gasteiger partial charge in [0.1, 0.15) is 12.1 Å². The molecule has 1 aromatic carbocycles. The van der Waals surface area contributed by atoms with Crippen LogP contribution in [0.15, 0.2) is 18.2 Å². The second kappa shape index (κ2) is 7.33. The molecule has 0 radical (unpaired) electrons. The van der Waals surface area contributed by atoms with E-state index in [9.17, 15) is 14.4 Å². The lowest BCUT2D eigenvalue weighted by molar-refractivity contribution is -0.136. The molecule has 1 saturated carbocycles. The molecule has 4 amide bonds. The fraction of sp³-hybridized carbons (Fsp3) is 0.550. The molecule has 0 atom stereocenters. The van der Waals surface area contributed by atoms with Crippen LogP contribution in [0.4, 0.5) is 10.5 Å². The largest absolute Gasteiger partial charge is 0.490 e. The van der Waals surface area contributed by atoms with Crippen molar-refractivity contribution in [1.29, 1.82) is 0 Å². The van der Waals surface area contributed by atoms with Crippen LogP contribution in [0.5, 0.6) is 11.5 Å². The predicted octanol–water partition coefficient (Wildman–Crippen LogP) is 2.38. The Morgan fingerprint density at radius 3 is 2.54 bits per heavy atom. The maximum absolute atomic E-state index is 13.0. The summed E-state index contributed by atoms with van der Waals surface area (Å²) in [6, 6.07) is 4.75. The van der Waals surface area contributed by atoms with Crippen molar-refractivity contribution in [2.24, 2.45) is 0 Å². The standard InChI is InChI=1S/C20H25N3O5/c1-22-19(26)23(18(25)20(22)8-3-2-4-9-20)13-17(24)21-14-6-7-15-16(12-14)28-11-5-10-27-15/h6-7,12H,2-5,8-11,13H2,1H3,(H,21,24). The Kier molecular flexibility index (Phi) is 4.87. The lowest BCUT2D eigenvalue weighted by Gasteiger charge is -2.35. The van der Waals surface area contributed by atoms with Gasteiger partial charge in [0.25, 0.3) is 5.91 Å². The Balaban J connectivity index is 1.44. The lowest BCUT2D eigenvalue weighted by Crippen LogP contribution is -2.49. The first-order valence-electron chi connectivity index (χ1n) is 9.80. The zero-order valence-electron chi connectivity index (χ0n) is 16.0. The second-order valence-corrected chi connectivity index (χ2v) is 7.59. The molecule has 0 bridgehead atoms. The molecule has 2 fully saturated rings.